The van der Waals surface area contributed by atoms with E-state index < -0.39 is 17.6 Å². The van der Waals surface area contributed by atoms with Gasteiger partial charge < -0.3 is 10.5 Å². The van der Waals surface area contributed by atoms with Crippen LogP contribution in [0, 0.1) is 17.8 Å². The highest BCUT2D eigenvalue weighted by Gasteiger charge is 2.33. The first kappa shape index (κ1) is 21.3. The Hall–Kier alpha value is -3.05. The summed E-state index contributed by atoms with van der Waals surface area (Å²) < 4.78 is 6.63. The number of carbonyl (C=O) groups excluding carboxylic acids is 2. The van der Waals surface area contributed by atoms with Crippen LogP contribution in [0.2, 0.25) is 5.15 Å². The molecule has 0 radical (unpaired) electrons. The molecule has 0 fully saturated rings. The van der Waals surface area contributed by atoms with E-state index in [1.165, 1.54) is 9.58 Å². The molecular weight excluding hydrogens is 382 g/mol. The van der Waals surface area contributed by atoms with Crippen molar-refractivity contribution < 1.29 is 14.3 Å². The summed E-state index contributed by atoms with van der Waals surface area (Å²) >= 11 is 6.26. The van der Waals surface area contributed by atoms with E-state index in [2.05, 4.69) is 16.0 Å². The van der Waals surface area contributed by atoms with Crippen LogP contribution in [0.4, 0.5) is 10.5 Å². The van der Waals surface area contributed by atoms with Crippen molar-refractivity contribution in [3.05, 3.63) is 35.9 Å². The molecule has 0 aliphatic heterocycles. The molecule has 2 aromatic heterocycles. The van der Waals surface area contributed by atoms with Crippen LogP contribution in [0.15, 0.2) is 30.7 Å². The van der Waals surface area contributed by atoms with Gasteiger partial charge in [-0.1, -0.05) is 38.3 Å². The van der Waals surface area contributed by atoms with Crippen molar-refractivity contribution in [2.75, 3.05) is 11.4 Å². The maximum Gasteiger partial charge on any atom is 0.404 e. The molecule has 1 unspecified atom stereocenters. The first-order valence-corrected chi connectivity index (χ1v) is 8.86. The summed E-state index contributed by atoms with van der Waals surface area (Å²) in [4.78, 5) is 29.5. The van der Waals surface area contributed by atoms with Gasteiger partial charge in [0.1, 0.15) is 11.8 Å². The van der Waals surface area contributed by atoms with Crippen LogP contribution in [0.25, 0.3) is 5.69 Å². The first-order valence-electron chi connectivity index (χ1n) is 8.49. The molecule has 148 valence electrons. The summed E-state index contributed by atoms with van der Waals surface area (Å²) in [6.45, 7) is 5.50. The maximum absolute atomic E-state index is 13.0. The molecule has 0 bridgehead atoms. The van der Waals surface area contributed by atoms with Gasteiger partial charge in [0.15, 0.2) is 5.15 Å². The second kappa shape index (κ2) is 8.76. The van der Waals surface area contributed by atoms with Gasteiger partial charge in [-0.15, -0.1) is 6.42 Å². The number of pyridine rings is 1. The van der Waals surface area contributed by atoms with Crippen LogP contribution >= 0.6 is 11.6 Å². The van der Waals surface area contributed by atoms with Gasteiger partial charge in [-0.3, -0.25) is 14.7 Å². The number of nitrogens with two attached hydrogens (primary N) is 1. The lowest BCUT2D eigenvalue weighted by Crippen LogP contribution is -2.40. The number of aromatic nitrogens is 3. The lowest BCUT2D eigenvalue weighted by Gasteiger charge is -2.30. The lowest BCUT2D eigenvalue weighted by molar-refractivity contribution is -0.121. The SMILES string of the molecule is C#CCN(C(=O)CC(OC(N)=O)C(C)(C)C)c1cn(-c2cccnc2)nc1Cl. The molecule has 0 spiro atoms. The third-order valence-electron chi connectivity index (χ3n) is 3.99. The quantitative estimate of drug-likeness (QED) is 0.747. The number of anilines is 1. The molecule has 2 heterocycles. The molecule has 2 amide bonds. The van der Waals surface area contributed by atoms with Crippen molar-refractivity contribution in [1.82, 2.24) is 14.8 Å². The number of hydrogen-bond acceptors (Lipinski definition) is 5. The summed E-state index contributed by atoms with van der Waals surface area (Å²) in [5.74, 6) is 2.07. The first-order chi connectivity index (χ1) is 13.1. The third kappa shape index (κ3) is 5.24. The summed E-state index contributed by atoms with van der Waals surface area (Å²) in [5.41, 5.74) is 5.66. The number of rotatable bonds is 6. The molecule has 2 aromatic rings. The maximum atomic E-state index is 13.0. The molecule has 1 atom stereocenters. The zero-order valence-electron chi connectivity index (χ0n) is 15.9. The van der Waals surface area contributed by atoms with Gasteiger partial charge in [-0.2, -0.15) is 5.10 Å². The number of halogens is 1. The predicted molar refractivity (Wildman–Crippen MR) is 106 cm³/mol. The van der Waals surface area contributed by atoms with Crippen molar-refractivity contribution in [1.29, 1.82) is 0 Å². The molecule has 28 heavy (non-hydrogen) atoms. The van der Waals surface area contributed by atoms with E-state index in [0.717, 1.165) is 0 Å². The Labute approximate surface area is 168 Å². The lowest BCUT2D eigenvalue weighted by atomic mass is 9.86. The topological polar surface area (TPSA) is 103 Å². The number of terminal acetylenes is 1. The Kier molecular flexibility index (Phi) is 6.65. The van der Waals surface area contributed by atoms with E-state index in [1.54, 1.807) is 30.7 Å². The van der Waals surface area contributed by atoms with E-state index in [4.69, 9.17) is 28.5 Å². The van der Waals surface area contributed by atoms with E-state index >= 15 is 0 Å². The average molecular weight is 404 g/mol. The Morgan fingerprint density at radius 3 is 2.71 bits per heavy atom. The van der Waals surface area contributed by atoms with Gasteiger partial charge in [0, 0.05) is 6.20 Å². The van der Waals surface area contributed by atoms with Gasteiger partial charge in [0.25, 0.3) is 0 Å². The normalized spacial score (nSPS) is 12.1. The van der Waals surface area contributed by atoms with E-state index in [1.807, 2.05) is 20.8 Å². The standard InChI is InChI=1S/C19H22ClN5O3/c1-5-9-24(16(26)10-15(19(2,3)4)28-18(21)27)14-12-25(23-17(14)20)13-7-6-8-22-11-13/h1,6-8,11-12,15H,9-10H2,2-4H3,(H2,21,27). The van der Waals surface area contributed by atoms with Crippen LogP contribution in [-0.2, 0) is 9.53 Å². The van der Waals surface area contributed by atoms with Crippen LogP contribution < -0.4 is 10.6 Å². The van der Waals surface area contributed by atoms with Crippen molar-refractivity contribution in [2.45, 2.75) is 33.3 Å². The minimum Gasteiger partial charge on any atom is -0.445 e. The molecule has 9 heteroatoms. The molecule has 8 nitrogen and oxygen atoms in total. The molecule has 0 saturated carbocycles. The van der Waals surface area contributed by atoms with Gasteiger partial charge >= 0.3 is 6.09 Å². The molecule has 0 aliphatic carbocycles. The van der Waals surface area contributed by atoms with E-state index in [-0.39, 0.29) is 24.0 Å². The minimum absolute atomic E-state index is 0.0231. The fourth-order valence-corrected chi connectivity index (χ4v) is 2.71. The van der Waals surface area contributed by atoms with Gasteiger partial charge in [0.05, 0.1) is 31.0 Å². The van der Waals surface area contributed by atoms with Crippen LogP contribution in [-0.4, -0.2) is 39.4 Å². The number of primary amides is 1. The molecule has 0 saturated heterocycles. The highest BCUT2D eigenvalue weighted by molar-refractivity contribution is 6.32. The zero-order chi connectivity index (χ0) is 20.9. The van der Waals surface area contributed by atoms with E-state index in [9.17, 15) is 9.59 Å². The fraction of sp³-hybridized carbons (Fsp3) is 0.368. The smallest absolute Gasteiger partial charge is 0.404 e. The summed E-state index contributed by atoms with van der Waals surface area (Å²) in [5, 5.41) is 4.32. The highest BCUT2D eigenvalue weighted by atomic mass is 35.5. The third-order valence-corrected chi connectivity index (χ3v) is 4.26. The van der Waals surface area contributed by atoms with Crippen molar-refractivity contribution in [2.24, 2.45) is 11.1 Å². The Morgan fingerprint density at radius 2 is 2.18 bits per heavy atom. The predicted octanol–water partition coefficient (Wildman–Crippen LogP) is 2.79. The van der Waals surface area contributed by atoms with Gasteiger partial charge in [-0.05, 0) is 17.5 Å². The van der Waals surface area contributed by atoms with Crippen LogP contribution in [0.3, 0.4) is 0 Å². The Bertz CT molecular complexity index is 883. The number of nitrogens with zero attached hydrogens (tertiary/aromatic N) is 4. The Balaban J connectivity index is 2.32. The van der Waals surface area contributed by atoms with Gasteiger partial charge in [-0.25, -0.2) is 9.48 Å². The molecule has 0 aliphatic rings. The monoisotopic (exact) mass is 403 g/mol. The van der Waals surface area contributed by atoms with Crippen LogP contribution in [0.1, 0.15) is 27.2 Å². The van der Waals surface area contributed by atoms with Crippen molar-refractivity contribution >= 4 is 29.3 Å². The molecular formula is C19H22ClN5O3. The summed E-state index contributed by atoms with van der Waals surface area (Å²) in [6.07, 6.45) is 8.49. The number of carbonyl (C=O) groups is 2. The van der Waals surface area contributed by atoms with Gasteiger partial charge in [0.2, 0.25) is 5.91 Å². The molecule has 2 N–H and O–H groups in total. The average Bonchev–Trinajstić information content (AvgIpc) is 3.00. The fourth-order valence-electron chi connectivity index (χ4n) is 2.48. The summed E-state index contributed by atoms with van der Waals surface area (Å²) in [7, 11) is 0. The second-order valence-electron chi connectivity index (χ2n) is 7.14. The summed E-state index contributed by atoms with van der Waals surface area (Å²) in [6, 6.07) is 3.55. The molecule has 2 rings (SSSR count). The zero-order valence-corrected chi connectivity index (χ0v) is 16.7. The number of hydrogen-bond donors (Lipinski definition) is 1. The largest absolute Gasteiger partial charge is 0.445 e. The number of amides is 2. The molecule has 0 aromatic carbocycles. The van der Waals surface area contributed by atoms with Crippen molar-refractivity contribution in [3.8, 4) is 18.0 Å². The Morgan fingerprint density at radius 1 is 1.46 bits per heavy atom. The minimum atomic E-state index is -0.946. The second-order valence-corrected chi connectivity index (χ2v) is 7.50. The van der Waals surface area contributed by atoms with Crippen LogP contribution in [0.5, 0.6) is 0 Å². The van der Waals surface area contributed by atoms with E-state index in [0.29, 0.717) is 11.4 Å². The number of ether oxygens (including phenoxy) is 1. The highest BCUT2D eigenvalue weighted by Crippen LogP contribution is 2.29. The van der Waals surface area contributed by atoms with Crippen molar-refractivity contribution in [3.63, 3.8) is 0 Å².